The molecule has 3 aromatic rings. The fourth-order valence-electron chi connectivity index (χ4n) is 4.51. The lowest BCUT2D eigenvalue weighted by Crippen LogP contribution is -2.49. The second-order valence-electron chi connectivity index (χ2n) is 10.4. The van der Waals surface area contributed by atoms with Gasteiger partial charge in [0.2, 0.25) is 17.7 Å². The van der Waals surface area contributed by atoms with E-state index in [-0.39, 0.29) is 35.8 Å². The molecule has 0 unspecified atom stereocenters. The lowest BCUT2D eigenvalue weighted by atomic mass is 10.0. The molecule has 12 nitrogen and oxygen atoms in total. The molecule has 13 heteroatoms. The van der Waals surface area contributed by atoms with Crippen molar-refractivity contribution in [1.82, 2.24) is 41.0 Å². The van der Waals surface area contributed by atoms with Gasteiger partial charge in [0.25, 0.3) is 5.91 Å². The molecule has 4 N–H and O–H groups in total. The summed E-state index contributed by atoms with van der Waals surface area (Å²) in [6.07, 6.45) is 5.15. The molecule has 0 saturated heterocycles. The van der Waals surface area contributed by atoms with Gasteiger partial charge in [0, 0.05) is 31.3 Å². The Morgan fingerprint density at radius 3 is 2.56 bits per heavy atom. The number of aryl methyl sites for hydroxylation is 1. The minimum atomic E-state index is -0.777. The average molecular weight is 581 g/mol. The lowest BCUT2D eigenvalue weighted by Gasteiger charge is -2.25. The Hall–Kier alpha value is -4.13. The molecule has 0 aliphatic carbocycles. The monoisotopic (exact) mass is 580 g/mol. The van der Waals surface area contributed by atoms with Crippen molar-refractivity contribution in [2.24, 2.45) is 5.92 Å². The van der Waals surface area contributed by atoms with Gasteiger partial charge in [-0.3, -0.25) is 19.2 Å². The van der Waals surface area contributed by atoms with Crippen LogP contribution in [-0.4, -0.2) is 62.0 Å². The van der Waals surface area contributed by atoms with E-state index in [1.54, 1.807) is 9.95 Å². The molecule has 0 spiro atoms. The SMILES string of the molecule is CC(C)[C@H]1NC(=O)[C@@H](NC(=O)CCn2cnnc2)CCCCNC(=O)[C@@H](Cc2ccccc2)NC(=O)c2csc1n2. The number of fused-ring (bicyclic) bond motifs is 2. The highest BCUT2D eigenvalue weighted by molar-refractivity contribution is 7.09. The van der Waals surface area contributed by atoms with E-state index in [0.717, 1.165) is 5.56 Å². The third-order valence-electron chi connectivity index (χ3n) is 6.82. The summed E-state index contributed by atoms with van der Waals surface area (Å²) in [6.45, 7) is 4.67. The Morgan fingerprint density at radius 1 is 1.07 bits per heavy atom. The van der Waals surface area contributed by atoms with Crippen molar-refractivity contribution in [3.63, 3.8) is 0 Å². The molecule has 1 aliphatic rings. The molecule has 4 rings (SSSR count). The number of thiazole rings is 1. The van der Waals surface area contributed by atoms with E-state index in [2.05, 4.69) is 36.4 Å². The number of rotatable bonds is 7. The molecule has 0 radical (unpaired) electrons. The number of nitrogens with one attached hydrogen (secondary N) is 4. The van der Waals surface area contributed by atoms with Crippen molar-refractivity contribution in [1.29, 1.82) is 0 Å². The third kappa shape index (κ3) is 8.68. The van der Waals surface area contributed by atoms with Gasteiger partial charge in [-0.2, -0.15) is 0 Å². The summed E-state index contributed by atoms with van der Waals surface area (Å²) < 4.78 is 1.69. The van der Waals surface area contributed by atoms with Crippen molar-refractivity contribution >= 4 is 35.0 Å². The van der Waals surface area contributed by atoms with E-state index in [1.807, 2.05) is 44.2 Å². The normalized spacial score (nSPS) is 20.7. The van der Waals surface area contributed by atoms with E-state index < -0.39 is 24.0 Å². The van der Waals surface area contributed by atoms with Crippen molar-refractivity contribution in [3.05, 3.63) is 64.6 Å². The minimum Gasteiger partial charge on any atom is -0.354 e. The van der Waals surface area contributed by atoms with Crippen LogP contribution in [0.2, 0.25) is 0 Å². The standard InChI is InChI=1S/C28H36N8O4S/c1-18(2)24-28-34-22(15-41-28)27(40)33-21(14-19-8-4-3-5-9-19)25(38)29-12-7-6-10-20(26(39)35-24)32-23(37)11-13-36-16-30-31-17-36/h3-5,8-9,15-18,20-21,24H,6-7,10-14H2,1-2H3,(H,29,38)(H,32,37)(H,33,40)(H,35,39)/t20-,21+,24+/m0/s1. The topological polar surface area (TPSA) is 160 Å². The summed E-state index contributed by atoms with van der Waals surface area (Å²) in [4.78, 5) is 56.9. The molecule has 3 atom stereocenters. The number of carbonyl (C=O) groups excluding carboxylic acids is 4. The Labute approximate surface area is 242 Å². The average Bonchev–Trinajstić information content (AvgIpc) is 3.66. The van der Waals surface area contributed by atoms with Crippen molar-refractivity contribution in [2.45, 2.75) is 70.6 Å². The number of nitrogens with zero attached hydrogens (tertiary/aromatic N) is 4. The highest BCUT2D eigenvalue weighted by Gasteiger charge is 2.29. The fraction of sp³-hybridized carbons (Fsp3) is 0.464. The zero-order chi connectivity index (χ0) is 29.2. The van der Waals surface area contributed by atoms with Gasteiger partial charge in [-0.25, -0.2) is 4.98 Å². The Balaban J connectivity index is 1.52. The van der Waals surface area contributed by atoms with E-state index in [4.69, 9.17) is 0 Å². The molecule has 218 valence electrons. The lowest BCUT2D eigenvalue weighted by molar-refractivity contribution is -0.130. The van der Waals surface area contributed by atoms with Crippen LogP contribution in [0.4, 0.5) is 0 Å². The second kappa shape index (κ2) is 14.5. The molecule has 0 saturated carbocycles. The van der Waals surface area contributed by atoms with Gasteiger partial charge in [0.15, 0.2) is 0 Å². The summed E-state index contributed by atoms with van der Waals surface area (Å²) in [5.74, 6) is -1.35. The van der Waals surface area contributed by atoms with E-state index in [0.29, 0.717) is 43.8 Å². The second-order valence-corrected chi connectivity index (χ2v) is 11.3. The van der Waals surface area contributed by atoms with Crippen LogP contribution in [0.5, 0.6) is 0 Å². The number of benzene rings is 1. The van der Waals surface area contributed by atoms with E-state index >= 15 is 0 Å². The Kier molecular flexibility index (Phi) is 10.5. The summed E-state index contributed by atoms with van der Waals surface area (Å²) in [5, 5.41) is 21.4. The number of hydrogen-bond acceptors (Lipinski definition) is 8. The predicted molar refractivity (Wildman–Crippen MR) is 153 cm³/mol. The van der Waals surface area contributed by atoms with Gasteiger partial charge in [-0.05, 0) is 30.7 Å². The number of aromatic nitrogens is 4. The first-order chi connectivity index (χ1) is 19.8. The minimum absolute atomic E-state index is 0.0263. The van der Waals surface area contributed by atoms with Crippen LogP contribution in [0.15, 0.2) is 48.4 Å². The summed E-state index contributed by atoms with van der Waals surface area (Å²) in [7, 11) is 0. The van der Waals surface area contributed by atoms with Crippen molar-refractivity contribution in [3.8, 4) is 0 Å². The highest BCUT2D eigenvalue weighted by Crippen LogP contribution is 2.25. The zero-order valence-electron chi connectivity index (χ0n) is 23.2. The van der Waals surface area contributed by atoms with Crippen LogP contribution in [-0.2, 0) is 27.3 Å². The van der Waals surface area contributed by atoms with Crippen LogP contribution in [0.25, 0.3) is 0 Å². The van der Waals surface area contributed by atoms with Gasteiger partial charge in [-0.1, -0.05) is 44.2 Å². The molecular weight excluding hydrogens is 544 g/mol. The molecular formula is C28H36N8O4S. The zero-order valence-corrected chi connectivity index (χ0v) is 24.0. The maximum Gasteiger partial charge on any atom is 0.271 e. The van der Waals surface area contributed by atoms with Crippen molar-refractivity contribution < 1.29 is 19.2 Å². The molecule has 1 aromatic carbocycles. The smallest absolute Gasteiger partial charge is 0.271 e. The highest BCUT2D eigenvalue weighted by atomic mass is 32.1. The molecule has 2 bridgehead atoms. The number of amides is 4. The van der Waals surface area contributed by atoms with Crippen LogP contribution in [0.3, 0.4) is 0 Å². The first kappa shape index (κ1) is 29.8. The number of carbonyl (C=O) groups is 4. The molecule has 4 amide bonds. The molecule has 1 aliphatic heterocycles. The Bertz CT molecular complexity index is 1310. The maximum absolute atomic E-state index is 13.4. The Morgan fingerprint density at radius 2 is 1.83 bits per heavy atom. The largest absolute Gasteiger partial charge is 0.354 e. The summed E-state index contributed by atoms with van der Waals surface area (Å²) in [6, 6.07) is 7.51. The van der Waals surface area contributed by atoms with Gasteiger partial charge < -0.3 is 25.8 Å². The van der Waals surface area contributed by atoms with Crippen LogP contribution >= 0.6 is 11.3 Å². The quantitative estimate of drug-likeness (QED) is 0.331. The molecule has 41 heavy (non-hydrogen) atoms. The van der Waals surface area contributed by atoms with E-state index in [9.17, 15) is 19.2 Å². The molecule has 2 aromatic heterocycles. The summed E-state index contributed by atoms with van der Waals surface area (Å²) in [5.41, 5.74) is 1.11. The van der Waals surface area contributed by atoms with Crippen LogP contribution < -0.4 is 21.3 Å². The number of hydrogen-bond donors (Lipinski definition) is 4. The fourth-order valence-corrected chi connectivity index (χ4v) is 5.53. The van der Waals surface area contributed by atoms with Gasteiger partial charge >= 0.3 is 0 Å². The molecule has 0 fully saturated rings. The molecule has 3 heterocycles. The van der Waals surface area contributed by atoms with Gasteiger partial charge in [-0.15, -0.1) is 21.5 Å². The van der Waals surface area contributed by atoms with Gasteiger partial charge in [0.05, 0.1) is 6.04 Å². The first-order valence-electron chi connectivity index (χ1n) is 13.8. The van der Waals surface area contributed by atoms with Crippen LogP contribution in [0.1, 0.15) is 66.6 Å². The van der Waals surface area contributed by atoms with Gasteiger partial charge in [0.1, 0.15) is 35.4 Å². The summed E-state index contributed by atoms with van der Waals surface area (Å²) >= 11 is 1.27. The third-order valence-corrected chi connectivity index (χ3v) is 7.75. The van der Waals surface area contributed by atoms with E-state index in [1.165, 1.54) is 24.0 Å². The van der Waals surface area contributed by atoms with Crippen molar-refractivity contribution in [2.75, 3.05) is 6.54 Å². The predicted octanol–water partition coefficient (Wildman–Crippen LogP) is 1.76. The maximum atomic E-state index is 13.4. The first-order valence-corrected chi connectivity index (χ1v) is 14.7. The van der Waals surface area contributed by atoms with Crippen LogP contribution in [0, 0.1) is 5.92 Å².